The summed E-state index contributed by atoms with van der Waals surface area (Å²) in [6.45, 7) is 1.86. The monoisotopic (exact) mass is 297 g/mol. The minimum Gasteiger partial charge on any atom is -0.326 e. The predicted molar refractivity (Wildman–Crippen MR) is 74.6 cm³/mol. The van der Waals surface area contributed by atoms with E-state index in [0.717, 1.165) is 21.4 Å². The molecule has 0 spiro atoms. The van der Waals surface area contributed by atoms with Gasteiger partial charge >= 0.3 is 6.18 Å². The zero-order chi connectivity index (χ0) is 14.8. The van der Waals surface area contributed by atoms with E-state index in [2.05, 4.69) is 0 Å². The van der Waals surface area contributed by atoms with Gasteiger partial charge in [0.2, 0.25) is 0 Å². The number of nitrogens with two attached hydrogens (primary N) is 1. The van der Waals surface area contributed by atoms with Gasteiger partial charge in [-0.3, -0.25) is 0 Å². The molecule has 0 amide bonds. The highest BCUT2D eigenvalue weighted by Crippen LogP contribution is 2.35. The van der Waals surface area contributed by atoms with E-state index in [1.54, 1.807) is 0 Å². The fourth-order valence-electron chi connectivity index (χ4n) is 1.82. The summed E-state index contributed by atoms with van der Waals surface area (Å²) in [6, 6.07) is 11.9. The summed E-state index contributed by atoms with van der Waals surface area (Å²) in [4.78, 5) is 1.74. The summed E-state index contributed by atoms with van der Waals surface area (Å²) in [5.74, 6) is 0. The Labute approximate surface area is 120 Å². The Morgan fingerprint density at radius 2 is 1.60 bits per heavy atom. The molecule has 0 aliphatic heterocycles. The Hall–Kier alpha value is -1.46. The molecule has 0 bridgehead atoms. The van der Waals surface area contributed by atoms with Crippen LogP contribution in [0.25, 0.3) is 0 Å². The maximum Gasteiger partial charge on any atom is 0.416 e. The number of alkyl halides is 3. The van der Waals surface area contributed by atoms with Crippen LogP contribution in [0, 0.1) is 6.92 Å². The topological polar surface area (TPSA) is 26.0 Å². The minimum atomic E-state index is -4.36. The third-order valence-electron chi connectivity index (χ3n) is 2.86. The van der Waals surface area contributed by atoms with Crippen LogP contribution in [0.1, 0.15) is 16.7 Å². The van der Waals surface area contributed by atoms with Crippen molar-refractivity contribution in [1.29, 1.82) is 0 Å². The molecule has 5 heteroatoms. The summed E-state index contributed by atoms with van der Waals surface area (Å²) < 4.78 is 38.3. The molecule has 106 valence electrons. The molecule has 0 fully saturated rings. The Bertz CT molecular complexity index is 591. The molecule has 0 unspecified atom stereocenters. The van der Waals surface area contributed by atoms with Gasteiger partial charge in [0, 0.05) is 16.3 Å². The van der Waals surface area contributed by atoms with Crippen molar-refractivity contribution in [2.75, 3.05) is 0 Å². The van der Waals surface area contributed by atoms with Crippen molar-refractivity contribution in [2.24, 2.45) is 5.73 Å². The second-order valence-corrected chi connectivity index (χ2v) is 5.58. The molecule has 2 rings (SSSR count). The van der Waals surface area contributed by atoms with E-state index in [9.17, 15) is 13.2 Å². The van der Waals surface area contributed by atoms with E-state index in [4.69, 9.17) is 5.73 Å². The van der Waals surface area contributed by atoms with Gasteiger partial charge < -0.3 is 5.73 Å². The first-order chi connectivity index (χ1) is 9.40. The van der Waals surface area contributed by atoms with Crippen LogP contribution in [-0.4, -0.2) is 0 Å². The third-order valence-corrected chi connectivity index (χ3v) is 3.86. The molecule has 0 aliphatic carbocycles. The van der Waals surface area contributed by atoms with Crippen molar-refractivity contribution >= 4 is 11.8 Å². The van der Waals surface area contributed by atoms with E-state index in [-0.39, 0.29) is 12.1 Å². The molecule has 2 aromatic carbocycles. The summed E-state index contributed by atoms with van der Waals surface area (Å²) in [7, 11) is 0. The zero-order valence-corrected chi connectivity index (χ0v) is 11.7. The molecule has 20 heavy (non-hydrogen) atoms. The number of hydrogen-bond acceptors (Lipinski definition) is 2. The number of hydrogen-bond donors (Lipinski definition) is 1. The fraction of sp³-hybridized carbons (Fsp3) is 0.200. The number of aryl methyl sites for hydroxylation is 1. The molecular weight excluding hydrogens is 283 g/mol. The van der Waals surface area contributed by atoms with Crippen LogP contribution in [0.15, 0.2) is 52.3 Å². The molecule has 0 heterocycles. The Kier molecular flexibility index (Phi) is 4.40. The first kappa shape index (κ1) is 14.9. The van der Waals surface area contributed by atoms with Gasteiger partial charge in [-0.05, 0) is 42.8 Å². The Morgan fingerprint density at radius 3 is 2.15 bits per heavy atom. The summed E-state index contributed by atoms with van der Waals surface area (Å²) >= 11 is 1.42. The van der Waals surface area contributed by atoms with Crippen LogP contribution in [0.4, 0.5) is 13.2 Å². The van der Waals surface area contributed by atoms with Crippen LogP contribution >= 0.6 is 11.8 Å². The van der Waals surface area contributed by atoms with Gasteiger partial charge in [0.25, 0.3) is 0 Å². The normalized spacial score (nSPS) is 11.7. The largest absolute Gasteiger partial charge is 0.416 e. The van der Waals surface area contributed by atoms with Gasteiger partial charge in [-0.1, -0.05) is 29.5 Å². The lowest BCUT2D eigenvalue weighted by Crippen LogP contribution is -2.11. The Morgan fingerprint density at radius 1 is 1.00 bits per heavy atom. The van der Waals surface area contributed by atoms with Crippen LogP contribution in [0.3, 0.4) is 0 Å². The van der Waals surface area contributed by atoms with Gasteiger partial charge in [-0.15, -0.1) is 0 Å². The van der Waals surface area contributed by atoms with Crippen molar-refractivity contribution < 1.29 is 13.2 Å². The molecule has 1 nitrogen and oxygen atoms in total. The zero-order valence-electron chi connectivity index (χ0n) is 10.9. The van der Waals surface area contributed by atoms with E-state index >= 15 is 0 Å². The van der Waals surface area contributed by atoms with Crippen LogP contribution < -0.4 is 5.73 Å². The first-order valence-corrected chi connectivity index (χ1v) is 6.86. The second kappa shape index (κ2) is 5.89. The van der Waals surface area contributed by atoms with Gasteiger partial charge in [0.15, 0.2) is 0 Å². The highest BCUT2D eigenvalue weighted by Gasteiger charge is 2.32. The maximum atomic E-state index is 12.8. The second-order valence-electron chi connectivity index (χ2n) is 4.44. The third kappa shape index (κ3) is 3.55. The van der Waals surface area contributed by atoms with Crippen molar-refractivity contribution in [3.05, 3.63) is 59.2 Å². The molecule has 2 N–H and O–H groups in total. The van der Waals surface area contributed by atoms with Crippen LogP contribution in [0.5, 0.6) is 0 Å². The molecule has 0 aromatic heterocycles. The lowest BCUT2D eigenvalue weighted by molar-refractivity contribution is -0.138. The first-order valence-electron chi connectivity index (χ1n) is 6.05. The standard InChI is InChI=1S/C15H14F3NS/c1-10-2-4-12(5-3-10)20-13-6-7-14(15(16,17)18)11(8-13)9-19/h2-8H,9,19H2,1H3. The lowest BCUT2D eigenvalue weighted by Gasteiger charge is -2.13. The van der Waals surface area contributed by atoms with Crippen molar-refractivity contribution in [2.45, 2.75) is 29.4 Å². The molecule has 0 aliphatic rings. The quantitative estimate of drug-likeness (QED) is 0.894. The molecule has 2 aromatic rings. The smallest absolute Gasteiger partial charge is 0.326 e. The number of benzene rings is 2. The highest BCUT2D eigenvalue weighted by atomic mass is 32.2. The van der Waals surface area contributed by atoms with Gasteiger partial charge in [0.1, 0.15) is 0 Å². The van der Waals surface area contributed by atoms with Gasteiger partial charge in [0.05, 0.1) is 5.56 Å². The van der Waals surface area contributed by atoms with E-state index in [1.165, 1.54) is 23.9 Å². The molecule has 0 saturated heterocycles. The number of halogens is 3. The average Bonchev–Trinajstić information content (AvgIpc) is 2.40. The van der Waals surface area contributed by atoms with E-state index in [0.29, 0.717) is 0 Å². The summed E-state index contributed by atoms with van der Waals surface area (Å²) in [6.07, 6.45) is -4.36. The van der Waals surface area contributed by atoms with E-state index in [1.807, 2.05) is 31.2 Å². The van der Waals surface area contributed by atoms with Crippen LogP contribution in [-0.2, 0) is 12.7 Å². The van der Waals surface area contributed by atoms with Crippen LogP contribution in [0.2, 0.25) is 0 Å². The van der Waals surface area contributed by atoms with Gasteiger partial charge in [-0.2, -0.15) is 13.2 Å². The van der Waals surface area contributed by atoms with Crippen molar-refractivity contribution in [1.82, 2.24) is 0 Å². The molecular formula is C15H14F3NS. The fourth-order valence-corrected chi connectivity index (χ4v) is 2.70. The SMILES string of the molecule is Cc1ccc(Sc2ccc(C(F)(F)F)c(CN)c2)cc1. The highest BCUT2D eigenvalue weighted by molar-refractivity contribution is 7.99. The lowest BCUT2D eigenvalue weighted by atomic mass is 10.1. The van der Waals surface area contributed by atoms with Gasteiger partial charge in [-0.25, -0.2) is 0 Å². The molecule has 0 saturated carbocycles. The molecule has 0 radical (unpaired) electrons. The summed E-state index contributed by atoms with van der Waals surface area (Å²) in [5.41, 5.74) is 6.02. The predicted octanol–water partition coefficient (Wildman–Crippen LogP) is 4.62. The Balaban J connectivity index is 2.28. The summed E-state index contributed by atoms with van der Waals surface area (Å²) in [5, 5.41) is 0. The minimum absolute atomic E-state index is 0.120. The van der Waals surface area contributed by atoms with Crippen molar-refractivity contribution in [3.8, 4) is 0 Å². The maximum absolute atomic E-state index is 12.8. The number of rotatable bonds is 3. The molecule has 0 atom stereocenters. The van der Waals surface area contributed by atoms with Crippen molar-refractivity contribution in [3.63, 3.8) is 0 Å². The average molecular weight is 297 g/mol. The van der Waals surface area contributed by atoms with E-state index < -0.39 is 11.7 Å².